The van der Waals surface area contributed by atoms with Crippen LogP contribution in [0.5, 0.6) is 5.88 Å². The fourth-order valence-electron chi connectivity index (χ4n) is 2.82. The second-order valence-electron chi connectivity index (χ2n) is 6.52. The number of rotatable bonds is 11. The molecule has 10 heteroatoms. The predicted octanol–water partition coefficient (Wildman–Crippen LogP) is 0.621. The molecule has 1 fully saturated rings. The summed E-state index contributed by atoms with van der Waals surface area (Å²) in [6, 6.07) is 3.32. The molecule has 0 atom stereocenters. The SMILES string of the molecule is CCOC(=O)c1ccc(OCCCN2CCN(CCOS(C)(=O)=O)CC2)nc1. The van der Waals surface area contributed by atoms with Gasteiger partial charge in [0.1, 0.15) is 0 Å². The second kappa shape index (κ2) is 11.3. The maximum Gasteiger partial charge on any atom is 0.339 e. The highest BCUT2D eigenvalue weighted by Gasteiger charge is 2.16. The van der Waals surface area contributed by atoms with Crippen LogP contribution in [0, 0.1) is 0 Å². The van der Waals surface area contributed by atoms with Crippen molar-refractivity contribution in [3.05, 3.63) is 23.9 Å². The highest BCUT2D eigenvalue weighted by Crippen LogP contribution is 2.09. The van der Waals surface area contributed by atoms with Crippen LogP contribution in [0.1, 0.15) is 23.7 Å². The molecule has 0 aliphatic carbocycles. The molecule has 1 aliphatic rings. The van der Waals surface area contributed by atoms with E-state index < -0.39 is 10.1 Å². The maximum absolute atomic E-state index is 11.6. The van der Waals surface area contributed by atoms with Crippen LogP contribution >= 0.6 is 0 Å². The van der Waals surface area contributed by atoms with Crippen molar-refractivity contribution in [1.29, 1.82) is 0 Å². The van der Waals surface area contributed by atoms with Gasteiger partial charge < -0.3 is 14.4 Å². The predicted molar refractivity (Wildman–Crippen MR) is 104 cm³/mol. The van der Waals surface area contributed by atoms with Gasteiger partial charge in [0.05, 0.1) is 31.6 Å². The fourth-order valence-corrected chi connectivity index (χ4v) is 3.20. The summed E-state index contributed by atoms with van der Waals surface area (Å²) in [5.41, 5.74) is 0.411. The molecule has 0 spiro atoms. The van der Waals surface area contributed by atoms with Gasteiger partial charge >= 0.3 is 5.97 Å². The van der Waals surface area contributed by atoms with Gasteiger partial charge in [-0.3, -0.25) is 9.08 Å². The fraction of sp³-hybridized carbons (Fsp3) is 0.667. The molecule has 0 amide bonds. The molecule has 2 heterocycles. The number of aromatic nitrogens is 1. The largest absolute Gasteiger partial charge is 0.478 e. The van der Waals surface area contributed by atoms with E-state index in [1.165, 1.54) is 6.20 Å². The van der Waals surface area contributed by atoms with Crippen molar-refractivity contribution in [3.63, 3.8) is 0 Å². The molecule has 0 aromatic carbocycles. The van der Waals surface area contributed by atoms with E-state index >= 15 is 0 Å². The molecule has 158 valence electrons. The first-order valence-corrected chi connectivity index (χ1v) is 11.2. The van der Waals surface area contributed by atoms with E-state index in [9.17, 15) is 13.2 Å². The summed E-state index contributed by atoms with van der Waals surface area (Å²) in [5, 5.41) is 0. The topological polar surface area (TPSA) is 98.3 Å². The van der Waals surface area contributed by atoms with Crippen LogP contribution in [0.15, 0.2) is 18.3 Å². The minimum Gasteiger partial charge on any atom is -0.478 e. The Kier molecular flexibility index (Phi) is 9.10. The molecule has 1 aromatic heterocycles. The number of hydrogen-bond donors (Lipinski definition) is 0. The average molecular weight is 416 g/mol. The number of carbonyl (C=O) groups excluding carboxylic acids is 1. The van der Waals surface area contributed by atoms with Crippen LogP contribution in [-0.2, 0) is 19.0 Å². The number of pyridine rings is 1. The van der Waals surface area contributed by atoms with Gasteiger partial charge in [-0.2, -0.15) is 8.42 Å². The number of piperazine rings is 1. The third-order valence-electron chi connectivity index (χ3n) is 4.29. The lowest BCUT2D eigenvalue weighted by atomic mass is 10.3. The second-order valence-corrected chi connectivity index (χ2v) is 8.16. The van der Waals surface area contributed by atoms with Gasteiger partial charge in [-0.05, 0) is 19.4 Å². The van der Waals surface area contributed by atoms with Gasteiger partial charge in [-0.25, -0.2) is 9.78 Å². The number of ether oxygens (including phenoxy) is 2. The lowest BCUT2D eigenvalue weighted by molar-refractivity contribution is 0.0525. The van der Waals surface area contributed by atoms with Crippen molar-refractivity contribution in [1.82, 2.24) is 14.8 Å². The van der Waals surface area contributed by atoms with E-state index in [4.69, 9.17) is 13.7 Å². The summed E-state index contributed by atoms with van der Waals surface area (Å²) in [4.78, 5) is 20.3. The van der Waals surface area contributed by atoms with E-state index in [0.717, 1.165) is 45.4 Å². The van der Waals surface area contributed by atoms with Crippen LogP contribution in [0.2, 0.25) is 0 Å². The Balaban J connectivity index is 1.57. The van der Waals surface area contributed by atoms with Crippen molar-refractivity contribution in [3.8, 4) is 5.88 Å². The molecule has 1 aliphatic heterocycles. The van der Waals surface area contributed by atoms with Gasteiger partial charge in [0.2, 0.25) is 5.88 Å². The van der Waals surface area contributed by atoms with Crippen molar-refractivity contribution in [2.24, 2.45) is 0 Å². The summed E-state index contributed by atoms with van der Waals surface area (Å²) in [7, 11) is -3.36. The van der Waals surface area contributed by atoms with Crippen LogP contribution < -0.4 is 4.74 Å². The summed E-state index contributed by atoms with van der Waals surface area (Å²) in [6.45, 7) is 8.05. The molecule has 2 rings (SSSR count). The summed E-state index contributed by atoms with van der Waals surface area (Å²) >= 11 is 0. The van der Waals surface area contributed by atoms with Crippen molar-refractivity contribution in [2.75, 3.05) is 65.3 Å². The lowest BCUT2D eigenvalue weighted by Crippen LogP contribution is -2.47. The minimum absolute atomic E-state index is 0.203. The van der Waals surface area contributed by atoms with E-state index in [-0.39, 0.29) is 12.6 Å². The van der Waals surface area contributed by atoms with Crippen molar-refractivity contribution in [2.45, 2.75) is 13.3 Å². The quantitative estimate of drug-likeness (QED) is 0.293. The van der Waals surface area contributed by atoms with Crippen LogP contribution in [0.3, 0.4) is 0 Å². The molecule has 9 nitrogen and oxygen atoms in total. The molecule has 0 saturated carbocycles. The third-order valence-corrected chi connectivity index (χ3v) is 4.88. The van der Waals surface area contributed by atoms with E-state index in [2.05, 4.69) is 14.8 Å². The smallest absolute Gasteiger partial charge is 0.339 e. The zero-order valence-electron chi connectivity index (χ0n) is 16.5. The number of esters is 1. The zero-order chi connectivity index (χ0) is 20.4. The number of nitrogens with zero attached hydrogens (tertiary/aromatic N) is 3. The van der Waals surface area contributed by atoms with Crippen molar-refractivity contribution < 1.29 is 26.9 Å². The number of hydrogen-bond acceptors (Lipinski definition) is 9. The number of carbonyl (C=O) groups is 1. The highest BCUT2D eigenvalue weighted by molar-refractivity contribution is 7.85. The zero-order valence-corrected chi connectivity index (χ0v) is 17.3. The van der Waals surface area contributed by atoms with E-state index in [1.807, 2.05) is 0 Å². The molecule has 1 aromatic rings. The highest BCUT2D eigenvalue weighted by atomic mass is 32.2. The molecule has 0 N–H and O–H groups in total. The minimum atomic E-state index is -3.36. The van der Waals surface area contributed by atoms with E-state index in [1.54, 1.807) is 19.1 Å². The Morgan fingerprint density at radius 2 is 1.79 bits per heavy atom. The van der Waals surface area contributed by atoms with E-state index in [0.29, 0.717) is 31.2 Å². The standard InChI is InChI=1S/C18H29N3O6S/c1-3-25-18(22)16-5-6-17(19-15-16)26-13-4-7-20-8-10-21(11-9-20)12-14-27-28(2,23)24/h5-6,15H,3-4,7-14H2,1-2H3. The Morgan fingerprint density at radius 3 is 2.36 bits per heavy atom. The van der Waals surface area contributed by atoms with Gasteiger partial charge in [0, 0.05) is 51.5 Å². The summed E-state index contributed by atoms with van der Waals surface area (Å²) in [6.07, 6.45) is 3.40. The third kappa shape index (κ3) is 8.51. The first-order valence-electron chi connectivity index (χ1n) is 9.42. The Hall–Kier alpha value is -1.75. The first kappa shape index (κ1) is 22.5. The summed E-state index contributed by atoms with van der Waals surface area (Å²) < 4.78 is 37.2. The molecule has 0 bridgehead atoms. The first-order chi connectivity index (χ1) is 13.4. The monoisotopic (exact) mass is 415 g/mol. The Morgan fingerprint density at radius 1 is 1.11 bits per heavy atom. The Labute approximate surface area is 166 Å². The summed E-state index contributed by atoms with van der Waals surface area (Å²) in [5.74, 6) is 0.104. The van der Waals surface area contributed by atoms with Crippen LogP contribution in [-0.4, -0.2) is 94.5 Å². The molecule has 1 saturated heterocycles. The molecule has 0 unspecified atom stereocenters. The molecular formula is C18H29N3O6S. The normalized spacial score (nSPS) is 16.1. The maximum atomic E-state index is 11.6. The lowest BCUT2D eigenvalue weighted by Gasteiger charge is -2.34. The molecular weight excluding hydrogens is 386 g/mol. The Bertz CT molecular complexity index is 703. The van der Waals surface area contributed by atoms with Gasteiger partial charge in [-0.1, -0.05) is 0 Å². The van der Waals surface area contributed by atoms with Gasteiger partial charge in [0.15, 0.2) is 0 Å². The van der Waals surface area contributed by atoms with Gasteiger partial charge in [-0.15, -0.1) is 0 Å². The van der Waals surface area contributed by atoms with Crippen LogP contribution in [0.4, 0.5) is 0 Å². The van der Waals surface area contributed by atoms with Crippen molar-refractivity contribution >= 4 is 16.1 Å². The van der Waals surface area contributed by atoms with Gasteiger partial charge in [0.25, 0.3) is 10.1 Å². The molecule has 28 heavy (non-hydrogen) atoms. The average Bonchev–Trinajstić information content (AvgIpc) is 2.66. The van der Waals surface area contributed by atoms with Crippen LogP contribution in [0.25, 0.3) is 0 Å². The molecule has 0 radical (unpaired) electrons.